The molecule has 1 unspecified atom stereocenters. The molecule has 1 fully saturated rings. The summed E-state index contributed by atoms with van der Waals surface area (Å²) in [6.07, 6.45) is -0.475. The molecule has 0 spiro atoms. The molecule has 0 aromatic heterocycles. The van der Waals surface area contributed by atoms with E-state index >= 15 is 0 Å². The molecule has 1 aliphatic rings. The average Bonchev–Trinajstić information content (AvgIpc) is 2.63. The number of nitrogens with zero attached hydrogens (tertiary/aromatic N) is 1. The van der Waals surface area contributed by atoms with Crippen molar-refractivity contribution in [3.63, 3.8) is 0 Å². The van der Waals surface area contributed by atoms with Gasteiger partial charge in [-0.1, -0.05) is 12.1 Å². The first kappa shape index (κ1) is 11.9. The smallest absolute Gasteiger partial charge is 0.410 e. The number of benzene rings is 1. The molecular formula is C11H11BrN2O3. The van der Waals surface area contributed by atoms with Crippen LogP contribution in [0.3, 0.4) is 0 Å². The molecule has 90 valence electrons. The Morgan fingerprint density at radius 2 is 2.24 bits per heavy atom. The molecule has 1 saturated heterocycles. The van der Waals surface area contributed by atoms with Crippen molar-refractivity contribution in [2.75, 3.05) is 19.0 Å². The lowest BCUT2D eigenvalue weighted by atomic mass is 10.2. The van der Waals surface area contributed by atoms with E-state index in [-0.39, 0.29) is 12.5 Å². The second-order valence-corrected chi connectivity index (χ2v) is 4.53. The molecule has 6 heteroatoms. The number of rotatable bonds is 2. The predicted octanol–water partition coefficient (Wildman–Crippen LogP) is 1.84. The fourth-order valence-corrected chi connectivity index (χ4v) is 1.91. The molecule has 1 heterocycles. The fraction of sp³-hybridized carbons (Fsp3) is 0.273. The van der Waals surface area contributed by atoms with Gasteiger partial charge >= 0.3 is 6.09 Å². The number of carbonyl (C=O) groups is 2. The second-order valence-electron chi connectivity index (χ2n) is 3.67. The van der Waals surface area contributed by atoms with Gasteiger partial charge in [0, 0.05) is 11.5 Å². The summed E-state index contributed by atoms with van der Waals surface area (Å²) < 4.78 is 5.57. The molecule has 0 aliphatic carbocycles. The molecule has 17 heavy (non-hydrogen) atoms. The van der Waals surface area contributed by atoms with Crippen LogP contribution in [0.15, 0.2) is 28.7 Å². The SMILES string of the molecule is CN1C(=O)OCC1C(=O)Nc1ccccc1Br. The minimum atomic E-state index is -0.574. The lowest BCUT2D eigenvalue weighted by Crippen LogP contribution is -2.40. The highest BCUT2D eigenvalue weighted by molar-refractivity contribution is 9.10. The third-order valence-electron chi connectivity index (χ3n) is 2.55. The number of halogens is 1. The van der Waals surface area contributed by atoms with Crippen LogP contribution in [-0.4, -0.2) is 36.6 Å². The zero-order valence-electron chi connectivity index (χ0n) is 9.14. The van der Waals surface area contributed by atoms with Crippen LogP contribution >= 0.6 is 15.9 Å². The number of anilines is 1. The van der Waals surface area contributed by atoms with Crippen molar-refractivity contribution in [1.82, 2.24) is 4.90 Å². The maximum atomic E-state index is 11.9. The average molecular weight is 299 g/mol. The number of likely N-dealkylation sites (N-methyl/N-ethyl adjacent to an activating group) is 1. The number of amides is 2. The van der Waals surface area contributed by atoms with Crippen LogP contribution in [0.5, 0.6) is 0 Å². The topological polar surface area (TPSA) is 58.6 Å². The standard InChI is InChI=1S/C11H11BrN2O3/c1-14-9(6-17-11(14)16)10(15)13-8-5-3-2-4-7(8)12/h2-5,9H,6H2,1H3,(H,13,15). The van der Waals surface area contributed by atoms with E-state index in [1.165, 1.54) is 4.90 Å². The minimum Gasteiger partial charge on any atom is -0.447 e. The van der Waals surface area contributed by atoms with Crippen molar-refractivity contribution in [1.29, 1.82) is 0 Å². The van der Waals surface area contributed by atoms with Gasteiger partial charge in [-0.15, -0.1) is 0 Å². The Balaban J connectivity index is 2.08. The fourth-order valence-electron chi connectivity index (χ4n) is 1.52. The van der Waals surface area contributed by atoms with Crippen molar-refractivity contribution in [2.45, 2.75) is 6.04 Å². The molecule has 0 bridgehead atoms. The third kappa shape index (κ3) is 2.41. The first-order valence-electron chi connectivity index (χ1n) is 5.04. The Labute approximate surface area is 107 Å². The van der Waals surface area contributed by atoms with Crippen LogP contribution in [0.4, 0.5) is 10.5 Å². The van der Waals surface area contributed by atoms with E-state index in [0.29, 0.717) is 5.69 Å². The summed E-state index contributed by atoms with van der Waals surface area (Å²) in [6.45, 7) is 0.0889. The van der Waals surface area contributed by atoms with E-state index in [2.05, 4.69) is 21.2 Å². The number of carbonyl (C=O) groups excluding carboxylic acids is 2. The van der Waals surface area contributed by atoms with Crippen molar-refractivity contribution in [3.05, 3.63) is 28.7 Å². The monoisotopic (exact) mass is 298 g/mol. The highest BCUT2D eigenvalue weighted by Gasteiger charge is 2.35. The van der Waals surface area contributed by atoms with E-state index in [4.69, 9.17) is 4.74 Å². The van der Waals surface area contributed by atoms with Gasteiger partial charge in [0.15, 0.2) is 0 Å². The summed E-state index contributed by atoms with van der Waals surface area (Å²) in [5.74, 6) is -0.259. The normalized spacial score (nSPS) is 19.1. The summed E-state index contributed by atoms with van der Waals surface area (Å²) in [5.41, 5.74) is 0.672. The van der Waals surface area contributed by atoms with E-state index in [9.17, 15) is 9.59 Å². The predicted molar refractivity (Wildman–Crippen MR) is 65.7 cm³/mol. The lowest BCUT2D eigenvalue weighted by molar-refractivity contribution is -0.119. The molecule has 1 atom stereocenters. The number of cyclic esters (lactones) is 1. The van der Waals surface area contributed by atoms with Crippen molar-refractivity contribution < 1.29 is 14.3 Å². The van der Waals surface area contributed by atoms with Crippen LogP contribution in [0.1, 0.15) is 0 Å². The van der Waals surface area contributed by atoms with E-state index in [1.54, 1.807) is 13.1 Å². The van der Waals surface area contributed by atoms with Gasteiger partial charge in [0.25, 0.3) is 5.91 Å². The minimum absolute atomic E-state index is 0.0889. The van der Waals surface area contributed by atoms with Crippen molar-refractivity contribution >= 4 is 33.6 Å². The summed E-state index contributed by atoms with van der Waals surface area (Å²) in [4.78, 5) is 24.3. The molecule has 1 aromatic carbocycles. The zero-order valence-corrected chi connectivity index (χ0v) is 10.7. The molecule has 5 nitrogen and oxygen atoms in total. The summed E-state index contributed by atoms with van der Waals surface area (Å²) in [7, 11) is 1.54. The Morgan fingerprint density at radius 3 is 2.82 bits per heavy atom. The Kier molecular flexibility index (Phi) is 3.33. The summed E-state index contributed by atoms with van der Waals surface area (Å²) in [5, 5.41) is 2.74. The van der Waals surface area contributed by atoms with Crippen LogP contribution in [-0.2, 0) is 9.53 Å². The Hall–Kier alpha value is -1.56. The number of hydrogen-bond donors (Lipinski definition) is 1. The molecule has 1 N–H and O–H groups in total. The lowest BCUT2D eigenvalue weighted by Gasteiger charge is -2.16. The van der Waals surface area contributed by atoms with Crippen molar-refractivity contribution in [3.8, 4) is 0 Å². The molecular weight excluding hydrogens is 288 g/mol. The van der Waals surface area contributed by atoms with E-state index in [1.807, 2.05) is 18.2 Å². The second kappa shape index (κ2) is 4.75. The number of para-hydroxylation sites is 1. The van der Waals surface area contributed by atoms with Crippen LogP contribution in [0.25, 0.3) is 0 Å². The van der Waals surface area contributed by atoms with Gasteiger partial charge in [-0.05, 0) is 28.1 Å². The molecule has 2 rings (SSSR count). The first-order chi connectivity index (χ1) is 8.09. The molecule has 0 radical (unpaired) electrons. The van der Waals surface area contributed by atoms with Gasteiger partial charge in [-0.2, -0.15) is 0 Å². The third-order valence-corrected chi connectivity index (χ3v) is 3.25. The van der Waals surface area contributed by atoms with Gasteiger partial charge in [0.05, 0.1) is 5.69 Å². The van der Waals surface area contributed by atoms with Gasteiger partial charge < -0.3 is 10.1 Å². The van der Waals surface area contributed by atoms with E-state index in [0.717, 1.165) is 4.47 Å². The summed E-state index contributed by atoms with van der Waals surface area (Å²) >= 11 is 3.33. The van der Waals surface area contributed by atoms with E-state index < -0.39 is 12.1 Å². The largest absolute Gasteiger partial charge is 0.447 e. The van der Waals surface area contributed by atoms with Gasteiger partial charge in [0.1, 0.15) is 12.6 Å². The van der Waals surface area contributed by atoms with Gasteiger partial charge in [-0.25, -0.2) is 4.79 Å². The van der Waals surface area contributed by atoms with Crippen molar-refractivity contribution in [2.24, 2.45) is 0 Å². The number of hydrogen-bond acceptors (Lipinski definition) is 3. The Bertz CT molecular complexity index is 464. The number of nitrogens with one attached hydrogen (secondary N) is 1. The van der Waals surface area contributed by atoms with Crippen LogP contribution < -0.4 is 5.32 Å². The maximum absolute atomic E-state index is 11.9. The maximum Gasteiger partial charge on any atom is 0.410 e. The molecule has 1 aromatic rings. The molecule has 0 saturated carbocycles. The Morgan fingerprint density at radius 1 is 1.53 bits per heavy atom. The highest BCUT2D eigenvalue weighted by Crippen LogP contribution is 2.22. The molecule has 1 aliphatic heterocycles. The summed E-state index contributed by atoms with van der Waals surface area (Å²) in [6, 6.07) is 6.71. The highest BCUT2D eigenvalue weighted by atomic mass is 79.9. The quantitative estimate of drug-likeness (QED) is 0.906. The van der Waals surface area contributed by atoms with Gasteiger partial charge in [0.2, 0.25) is 0 Å². The van der Waals surface area contributed by atoms with Gasteiger partial charge in [-0.3, -0.25) is 9.69 Å². The number of ether oxygens (including phenoxy) is 1. The van der Waals surface area contributed by atoms with Crippen LogP contribution in [0, 0.1) is 0 Å². The first-order valence-corrected chi connectivity index (χ1v) is 5.84. The zero-order chi connectivity index (χ0) is 12.4. The molecule has 2 amide bonds. The van der Waals surface area contributed by atoms with Crippen LogP contribution in [0.2, 0.25) is 0 Å².